The number of carbonyl (C=O) groups is 1. The van der Waals surface area contributed by atoms with Gasteiger partial charge in [0.25, 0.3) is 0 Å². The average molecular weight is 295 g/mol. The molecule has 0 fully saturated rings. The number of carbonyl (C=O) groups excluding carboxylic acids is 1. The maximum absolute atomic E-state index is 11.8. The molecule has 0 N–H and O–H groups in total. The molecule has 3 nitrogen and oxygen atoms in total. The number of fused-ring (bicyclic) bond motifs is 1. The highest BCUT2D eigenvalue weighted by molar-refractivity contribution is 7.98. The van der Waals surface area contributed by atoms with E-state index in [9.17, 15) is 4.79 Å². The van der Waals surface area contributed by atoms with E-state index in [-0.39, 0.29) is 5.78 Å². The third-order valence-electron chi connectivity index (χ3n) is 3.17. The van der Waals surface area contributed by atoms with E-state index < -0.39 is 0 Å². The molecule has 21 heavy (non-hydrogen) atoms. The molecule has 1 aliphatic rings. The predicted molar refractivity (Wildman–Crippen MR) is 85.3 cm³/mol. The van der Waals surface area contributed by atoms with Crippen LogP contribution in [0.4, 0.5) is 0 Å². The fourth-order valence-corrected chi connectivity index (χ4v) is 2.69. The molecule has 4 heteroatoms. The zero-order chi connectivity index (χ0) is 14.7. The van der Waals surface area contributed by atoms with Gasteiger partial charge in [0.1, 0.15) is 5.75 Å². The molecule has 0 atom stereocenters. The Morgan fingerprint density at radius 2 is 1.67 bits per heavy atom. The van der Waals surface area contributed by atoms with Crippen molar-refractivity contribution in [2.24, 2.45) is 4.40 Å². The summed E-state index contributed by atoms with van der Waals surface area (Å²) >= 11 is 1.38. The van der Waals surface area contributed by atoms with E-state index in [1.165, 1.54) is 11.9 Å². The first-order chi connectivity index (χ1) is 10.3. The summed E-state index contributed by atoms with van der Waals surface area (Å²) in [5, 5.41) is 0. The molecular weight excluding hydrogens is 282 g/mol. The maximum atomic E-state index is 11.8. The van der Waals surface area contributed by atoms with Crippen LogP contribution in [0.25, 0.3) is 0 Å². The van der Waals surface area contributed by atoms with Crippen LogP contribution in [0.2, 0.25) is 0 Å². The fourth-order valence-electron chi connectivity index (χ4n) is 2.07. The number of benzene rings is 2. The minimum atomic E-state index is 0.0268. The van der Waals surface area contributed by atoms with Crippen molar-refractivity contribution in [2.45, 2.75) is 4.90 Å². The van der Waals surface area contributed by atoms with Gasteiger partial charge in [-0.2, -0.15) is 0 Å². The molecule has 0 bridgehead atoms. The van der Waals surface area contributed by atoms with Crippen LogP contribution in [0.3, 0.4) is 0 Å². The molecular formula is C17H13NO2S. The van der Waals surface area contributed by atoms with Crippen LogP contribution in [0.5, 0.6) is 5.75 Å². The van der Waals surface area contributed by atoms with Gasteiger partial charge in [0, 0.05) is 28.0 Å². The standard InChI is InChI=1S/C17H13NO2S/c1-20-12-6-8-13(9-7-12)21-18-16-10-11-17(19)15-5-3-2-4-14(15)16/h2-11H,1H3/b18-16-. The topological polar surface area (TPSA) is 38.7 Å². The van der Waals surface area contributed by atoms with Gasteiger partial charge in [-0.1, -0.05) is 24.3 Å². The first kappa shape index (κ1) is 13.6. The molecule has 2 aromatic carbocycles. The number of allylic oxidation sites excluding steroid dienone is 2. The second-order valence-corrected chi connectivity index (χ2v) is 5.32. The Morgan fingerprint density at radius 1 is 0.952 bits per heavy atom. The van der Waals surface area contributed by atoms with Gasteiger partial charge in [-0.3, -0.25) is 4.79 Å². The van der Waals surface area contributed by atoms with E-state index in [4.69, 9.17) is 4.74 Å². The summed E-state index contributed by atoms with van der Waals surface area (Å²) in [6.45, 7) is 0. The van der Waals surface area contributed by atoms with Crippen molar-refractivity contribution >= 4 is 23.4 Å². The lowest BCUT2D eigenvalue weighted by atomic mass is 9.95. The molecule has 0 radical (unpaired) electrons. The Labute approximate surface area is 127 Å². The Bertz CT molecular complexity index is 733. The SMILES string of the molecule is COc1ccc(S/N=C2/C=CC(=O)c3ccccc32)cc1. The lowest BCUT2D eigenvalue weighted by Crippen LogP contribution is -2.11. The zero-order valence-corrected chi connectivity index (χ0v) is 12.3. The number of methoxy groups -OCH3 is 1. The predicted octanol–water partition coefficient (Wildman–Crippen LogP) is 3.94. The summed E-state index contributed by atoms with van der Waals surface area (Å²) in [6.07, 6.45) is 3.33. The number of ketones is 1. The van der Waals surface area contributed by atoms with Gasteiger partial charge in [-0.15, -0.1) is 0 Å². The Balaban J connectivity index is 1.86. The lowest BCUT2D eigenvalue weighted by molar-refractivity contribution is 0.104. The van der Waals surface area contributed by atoms with Gasteiger partial charge in [-0.05, 0) is 36.4 Å². The van der Waals surface area contributed by atoms with Crippen molar-refractivity contribution in [1.82, 2.24) is 0 Å². The van der Waals surface area contributed by atoms with Crippen molar-refractivity contribution in [3.05, 3.63) is 71.8 Å². The summed E-state index contributed by atoms with van der Waals surface area (Å²) < 4.78 is 9.67. The van der Waals surface area contributed by atoms with E-state index in [1.54, 1.807) is 19.3 Å². The van der Waals surface area contributed by atoms with Crippen molar-refractivity contribution in [1.29, 1.82) is 0 Å². The minimum absolute atomic E-state index is 0.0268. The van der Waals surface area contributed by atoms with Gasteiger partial charge in [0.2, 0.25) is 0 Å². The summed E-state index contributed by atoms with van der Waals surface area (Å²) in [6, 6.07) is 15.2. The Morgan fingerprint density at radius 3 is 2.38 bits per heavy atom. The van der Waals surface area contributed by atoms with Gasteiger partial charge in [-0.25, -0.2) is 4.40 Å². The van der Waals surface area contributed by atoms with E-state index in [0.717, 1.165) is 21.9 Å². The maximum Gasteiger partial charge on any atom is 0.186 e. The molecule has 2 aromatic rings. The number of hydrogen-bond acceptors (Lipinski definition) is 4. The van der Waals surface area contributed by atoms with Gasteiger partial charge in [0.05, 0.1) is 12.8 Å². The number of nitrogens with zero attached hydrogens (tertiary/aromatic N) is 1. The molecule has 104 valence electrons. The van der Waals surface area contributed by atoms with Crippen LogP contribution < -0.4 is 4.74 Å². The molecule has 0 saturated heterocycles. The Hall–Kier alpha value is -2.33. The molecule has 1 aliphatic carbocycles. The smallest absolute Gasteiger partial charge is 0.186 e. The number of rotatable bonds is 3. The van der Waals surface area contributed by atoms with E-state index in [1.807, 2.05) is 48.5 Å². The molecule has 3 rings (SSSR count). The van der Waals surface area contributed by atoms with Crippen molar-refractivity contribution in [3.63, 3.8) is 0 Å². The van der Waals surface area contributed by atoms with Crippen LogP contribution in [-0.2, 0) is 0 Å². The van der Waals surface area contributed by atoms with Crippen LogP contribution in [0.15, 0.2) is 70.0 Å². The van der Waals surface area contributed by atoms with E-state index in [2.05, 4.69) is 4.40 Å². The number of ether oxygens (including phenoxy) is 1. The van der Waals surface area contributed by atoms with Gasteiger partial charge in [0.15, 0.2) is 5.78 Å². The molecule has 0 unspecified atom stereocenters. The molecule has 0 spiro atoms. The first-order valence-electron chi connectivity index (χ1n) is 6.49. The highest BCUT2D eigenvalue weighted by atomic mass is 32.2. The summed E-state index contributed by atoms with van der Waals surface area (Å²) in [7, 11) is 1.64. The molecule has 0 aromatic heterocycles. The van der Waals surface area contributed by atoms with Crippen molar-refractivity contribution < 1.29 is 9.53 Å². The van der Waals surface area contributed by atoms with Crippen LogP contribution >= 0.6 is 11.9 Å². The van der Waals surface area contributed by atoms with Crippen molar-refractivity contribution in [2.75, 3.05) is 7.11 Å². The third kappa shape index (κ3) is 2.90. The molecule has 0 amide bonds. The van der Waals surface area contributed by atoms with Crippen LogP contribution in [-0.4, -0.2) is 18.6 Å². The minimum Gasteiger partial charge on any atom is -0.497 e. The quantitative estimate of drug-likeness (QED) is 0.805. The van der Waals surface area contributed by atoms with Crippen LogP contribution in [0, 0.1) is 0 Å². The second kappa shape index (κ2) is 5.97. The largest absolute Gasteiger partial charge is 0.497 e. The monoisotopic (exact) mass is 295 g/mol. The molecule has 0 saturated carbocycles. The van der Waals surface area contributed by atoms with E-state index >= 15 is 0 Å². The highest BCUT2D eigenvalue weighted by Crippen LogP contribution is 2.25. The van der Waals surface area contributed by atoms with Crippen molar-refractivity contribution in [3.8, 4) is 5.75 Å². The highest BCUT2D eigenvalue weighted by Gasteiger charge is 2.16. The van der Waals surface area contributed by atoms with Gasteiger partial charge >= 0.3 is 0 Å². The normalized spacial score (nSPS) is 15.1. The zero-order valence-electron chi connectivity index (χ0n) is 11.4. The fraction of sp³-hybridized carbons (Fsp3) is 0.0588. The molecule has 0 aliphatic heterocycles. The molecule has 0 heterocycles. The van der Waals surface area contributed by atoms with Crippen LogP contribution in [0.1, 0.15) is 15.9 Å². The first-order valence-corrected chi connectivity index (χ1v) is 7.26. The summed E-state index contributed by atoms with van der Waals surface area (Å²) in [5.74, 6) is 0.847. The third-order valence-corrected chi connectivity index (χ3v) is 3.94. The lowest BCUT2D eigenvalue weighted by Gasteiger charge is -2.11. The van der Waals surface area contributed by atoms with Gasteiger partial charge < -0.3 is 4.74 Å². The van der Waals surface area contributed by atoms with E-state index in [0.29, 0.717) is 5.56 Å². The number of hydrogen-bond donors (Lipinski definition) is 0. The average Bonchev–Trinajstić information content (AvgIpc) is 2.55. The summed E-state index contributed by atoms with van der Waals surface area (Å²) in [5.41, 5.74) is 2.39. The second-order valence-electron chi connectivity index (χ2n) is 4.49. The summed E-state index contributed by atoms with van der Waals surface area (Å²) in [4.78, 5) is 12.8. The Kier molecular flexibility index (Phi) is 3.88.